The van der Waals surface area contributed by atoms with Gasteiger partial charge in [0.15, 0.2) is 17.5 Å². The highest BCUT2D eigenvalue weighted by Gasteiger charge is 2.16. The van der Waals surface area contributed by atoms with Crippen molar-refractivity contribution in [1.82, 2.24) is 10.1 Å². The van der Waals surface area contributed by atoms with Gasteiger partial charge in [-0.3, -0.25) is 4.79 Å². The lowest BCUT2D eigenvalue weighted by Crippen LogP contribution is -1.97. The number of carboxylic acid groups (broad SMARTS) is 1. The second-order valence-corrected chi connectivity index (χ2v) is 4.25. The Morgan fingerprint density at radius 1 is 1.32 bits per heavy atom. The molecule has 0 aliphatic rings. The SMILES string of the molecule is O=C(O)CSc1nc(-c2cc(F)c(F)c(F)c2)no1. The molecule has 9 heteroatoms. The lowest BCUT2D eigenvalue weighted by Gasteiger charge is -1.97. The van der Waals surface area contributed by atoms with Crippen LogP contribution in [-0.2, 0) is 4.79 Å². The van der Waals surface area contributed by atoms with Crippen molar-refractivity contribution >= 4 is 17.7 Å². The molecule has 0 radical (unpaired) electrons. The summed E-state index contributed by atoms with van der Waals surface area (Å²) in [5, 5.41) is 11.8. The quantitative estimate of drug-likeness (QED) is 0.688. The lowest BCUT2D eigenvalue weighted by molar-refractivity contribution is -0.133. The third kappa shape index (κ3) is 3.05. The first-order valence-electron chi connectivity index (χ1n) is 4.80. The maximum Gasteiger partial charge on any atom is 0.314 e. The second-order valence-electron chi connectivity index (χ2n) is 3.32. The number of carbonyl (C=O) groups is 1. The summed E-state index contributed by atoms with van der Waals surface area (Å²) in [4.78, 5) is 14.1. The van der Waals surface area contributed by atoms with Gasteiger partial charge in [-0.15, -0.1) is 0 Å². The van der Waals surface area contributed by atoms with E-state index in [4.69, 9.17) is 5.11 Å². The summed E-state index contributed by atoms with van der Waals surface area (Å²) in [6, 6.07) is 1.43. The number of aliphatic carboxylic acids is 1. The topological polar surface area (TPSA) is 76.2 Å². The molecule has 1 aromatic carbocycles. The molecule has 1 N–H and O–H groups in total. The highest BCUT2D eigenvalue weighted by atomic mass is 32.2. The van der Waals surface area contributed by atoms with E-state index in [1.165, 1.54) is 0 Å². The van der Waals surface area contributed by atoms with Crippen LogP contribution in [0.3, 0.4) is 0 Å². The molecular weight excluding hydrogens is 285 g/mol. The summed E-state index contributed by atoms with van der Waals surface area (Å²) in [7, 11) is 0. The molecule has 2 aromatic rings. The third-order valence-electron chi connectivity index (χ3n) is 1.97. The minimum absolute atomic E-state index is 0.0671. The van der Waals surface area contributed by atoms with Gasteiger partial charge in [0.2, 0.25) is 5.82 Å². The molecular formula is C10H5F3N2O3S. The summed E-state index contributed by atoms with van der Waals surface area (Å²) >= 11 is 0.754. The highest BCUT2D eigenvalue weighted by Crippen LogP contribution is 2.24. The van der Waals surface area contributed by atoms with Crippen molar-refractivity contribution < 1.29 is 27.6 Å². The Morgan fingerprint density at radius 3 is 2.53 bits per heavy atom. The predicted molar refractivity (Wildman–Crippen MR) is 58.0 cm³/mol. The Kier molecular flexibility index (Phi) is 3.74. The van der Waals surface area contributed by atoms with E-state index in [0.29, 0.717) is 0 Å². The van der Waals surface area contributed by atoms with Gasteiger partial charge in [0.05, 0.1) is 0 Å². The molecule has 0 atom stereocenters. The largest absolute Gasteiger partial charge is 0.481 e. The molecule has 0 saturated heterocycles. The summed E-state index contributed by atoms with van der Waals surface area (Å²) in [6.07, 6.45) is 0. The Labute approximate surface area is 108 Å². The number of hydrogen-bond acceptors (Lipinski definition) is 5. The molecule has 2 rings (SSSR count). The summed E-state index contributed by atoms with van der Waals surface area (Å²) < 4.78 is 43.4. The zero-order valence-electron chi connectivity index (χ0n) is 9.06. The summed E-state index contributed by atoms with van der Waals surface area (Å²) in [5.74, 6) is -5.88. The molecule has 0 amide bonds. The highest BCUT2D eigenvalue weighted by molar-refractivity contribution is 7.99. The van der Waals surface area contributed by atoms with Gasteiger partial charge in [0.1, 0.15) is 5.75 Å². The molecule has 0 unspecified atom stereocenters. The molecule has 0 bridgehead atoms. The van der Waals surface area contributed by atoms with Gasteiger partial charge in [0.25, 0.3) is 5.22 Å². The van der Waals surface area contributed by atoms with Crippen LogP contribution >= 0.6 is 11.8 Å². The van der Waals surface area contributed by atoms with Gasteiger partial charge < -0.3 is 9.63 Å². The first-order valence-corrected chi connectivity index (χ1v) is 5.79. The zero-order chi connectivity index (χ0) is 14.0. The van der Waals surface area contributed by atoms with Crippen LogP contribution in [0.15, 0.2) is 21.9 Å². The number of nitrogens with zero attached hydrogens (tertiary/aromatic N) is 2. The summed E-state index contributed by atoms with van der Waals surface area (Å²) in [5.41, 5.74) is -0.109. The zero-order valence-corrected chi connectivity index (χ0v) is 9.88. The fraction of sp³-hybridized carbons (Fsp3) is 0.100. The Balaban J connectivity index is 2.25. The monoisotopic (exact) mass is 290 g/mol. The van der Waals surface area contributed by atoms with E-state index in [9.17, 15) is 18.0 Å². The fourth-order valence-corrected chi connectivity index (χ4v) is 1.68. The van der Waals surface area contributed by atoms with Gasteiger partial charge >= 0.3 is 5.97 Å². The van der Waals surface area contributed by atoms with Crippen LogP contribution in [0, 0.1) is 17.5 Å². The van der Waals surface area contributed by atoms with Crippen molar-refractivity contribution in [2.75, 3.05) is 5.75 Å². The standard InChI is InChI=1S/C10H5F3N2O3S/c11-5-1-4(2-6(12)8(5)13)9-14-10(18-15-9)19-3-7(16)17/h1-2H,3H2,(H,16,17). The van der Waals surface area contributed by atoms with Gasteiger partial charge in [-0.2, -0.15) is 4.98 Å². The average Bonchev–Trinajstić information content (AvgIpc) is 2.81. The number of aromatic nitrogens is 2. The van der Waals surface area contributed by atoms with Crippen molar-refractivity contribution in [2.45, 2.75) is 5.22 Å². The molecule has 0 aliphatic carbocycles. The Bertz CT molecular complexity index is 609. The number of rotatable bonds is 4. The van der Waals surface area contributed by atoms with E-state index in [-0.39, 0.29) is 22.4 Å². The van der Waals surface area contributed by atoms with E-state index in [2.05, 4.69) is 14.7 Å². The van der Waals surface area contributed by atoms with Crippen molar-refractivity contribution in [3.05, 3.63) is 29.6 Å². The smallest absolute Gasteiger partial charge is 0.314 e. The Hall–Kier alpha value is -2.03. The van der Waals surface area contributed by atoms with Gasteiger partial charge in [-0.05, 0) is 12.1 Å². The second kappa shape index (κ2) is 5.31. The van der Waals surface area contributed by atoms with Gasteiger partial charge in [0, 0.05) is 5.56 Å². The third-order valence-corrected chi connectivity index (χ3v) is 2.77. The maximum atomic E-state index is 13.0. The van der Waals surface area contributed by atoms with Crippen LogP contribution in [0.4, 0.5) is 13.2 Å². The number of thioether (sulfide) groups is 1. The average molecular weight is 290 g/mol. The van der Waals surface area contributed by atoms with Crippen LogP contribution in [0.1, 0.15) is 0 Å². The van der Waals surface area contributed by atoms with Crippen molar-refractivity contribution in [2.24, 2.45) is 0 Å². The number of halogens is 3. The predicted octanol–water partition coefficient (Wildman–Crippen LogP) is 2.33. The van der Waals surface area contributed by atoms with E-state index in [0.717, 1.165) is 23.9 Å². The van der Waals surface area contributed by atoms with E-state index < -0.39 is 23.4 Å². The minimum Gasteiger partial charge on any atom is -0.481 e. The van der Waals surface area contributed by atoms with Crippen LogP contribution < -0.4 is 0 Å². The van der Waals surface area contributed by atoms with Crippen LogP contribution in [0.5, 0.6) is 0 Å². The van der Waals surface area contributed by atoms with Crippen molar-refractivity contribution in [3.8, 4) is 11.4 Å². The molecule has 0 fully saturated rings. The van der Waals surface area contributed by atoms with Gasteiger partial charge in [-0.1, -0.05) is 16.9 Å². The molecule has 0 aliphatic heterocycles. The first-order chi connectivity index (χ1) is 8.97. The summed E-state index contributed by atoms with van der Waals surface area (Å²) in [6.45, 7) is 0. The van der Waals surface area contributed by atoms with Crippen LogP contribution in [0.2, 0.25) is 0 Å². The Morgan fingerprint density at radius 2 is 1.95 bits per heavy atom. The fourth-order valence-electron chi connectivity index (χ4n) is 1.19. The number of carboxylic acids is 1. The molecule has 0 spiro atoms. The maximum absolute atomic E-state index is 13.0. The van der Waals surface area contributed by atoms with Crippen molar-refractivity contribution in [3.63, 3.8) is 0 Å². The van der Waals surface area contributed by atoms with E-state index in [1.807, 2.05) is 0 Å². The number of benzene rings is 1. The van der Waals surface area contributed by atoms with E-state index >= 15 is 0 Å². The molecule has 0 saturated carbocycles. The lowest BCUT2D eigenvalue weighted by atomic mass is 10.2. The molecule has 1 aromatic heterocycles. The van der Waals surface area contributed by atoms with Crippen molar-refractivity contribution in [1.29, 1.82) is 0 Å². The number of hydrogen-bond donors (Lipinski definition) is 1. The molecule has 19 heavy (non-hydrogen) atoms. The van der Waals surface area contributed by atoms with Crippen LogP contribution in [-0.4, -0.2) is 27.0 Å². The van der Waals surface area contributed by atoms with Crippen LogP contribution in [0.25, 0.3) is 11.4 Å². The molecule has 100 valence electrons. The molecule has 5 nitrogen and oxygen atoms in total. The molecule has 1 heterocycles. The normalized spacial score (nSPS) is 10.7. The first kappa shape index (κ1) is 13.4. The van der Waals surface area contributed by atoms with E-state index in [1.54, 1.807) is 0 Å². The van der Waals surface area contributed by atoms with Gasteiger partial charge in [-0.25, -0.2) is 13.2 Å². The minimum atomic E-state index is -1.59.